The Morgan fingerprint density at radius 3 is 2.35 bits per heavy atom. The van der Waals surface area contributed by atoms with Crippen molar-refractivity contribution in [3.63, 3.8) is 0 Å². The second-order valence-corrected chi connectivity index (χ2v) is 8.84. The minimum absolute atomic E-state index is 0.0329. The van der Waals surface area contributed by atoms with Crippen LogP contribution in [0, 0.1) is 6.92 Å². The van der Waals surface area contributed by atoms with Gasteiger partial charge < -0.3 is 33.9 Å². The molecule has 7 heteroatoms. The second kappa shape index (κ2) is 12.7. The van der Waals surface area contributed by atoms with Gasteiger partial charge in [0.15, 0.2) is 11.5 Å². The maximum atomic E-state index is 9.98. The summed E-state index contributed by atoms with van der Waals surface area (Å²) in [5.74, 6) is 1.79. The fourth-order valence-corrected chi connectivity index (χ4v) is 4.24. The molecule has 3 aromatic rings. The van der Waals surface area contributed by atoms with Crippen molar-refractivity contribution in [2.45, 2.75) is 39.0 Å². The van der Waals surface area contributed by atoms with Crippen molar-refractivity contribution in [2.75, 3.05) is 27.4 Å². The molecule has 2 N–H and O–H groups in total. The van der Waals surface area contributed by atoms with E-state index in [0.29, 0.717) is 42.6 Å². The van der Waals surface area contributed by atoms with Crippen LogP contribution >= 0.6 is 0 Å². The van der Waals surface area contributed by atoms with E-state index in [1.165, 1.54) is 0 Å². The van der Waals surface area contributed by atoms with E-state index in [0.717, 1.165) is 27.8 Å². The number of hydrogen-bond donors (Lipinski definition) is 2. The summed E-state index contributed by atoms with van der Waals surface area (Å²) in [4.78, 5) is 0. The predicted octanol–water partition coefficient (Wildman–Crippen LogP) is 4.75. The van der Waals surface area contributed by atoms with Gasteiger partial charge in [0.1, 0.15) is 24.6 Å². The Balaban J connectivity index is 1.46. The van der Waals surface area contributed by atoms with Crippen LogP contribution in [-0.4, -0.2) is 43.8 Å². The summed E-state index contributed by atoms with van der Waals surface area (Å²) in [6, 6.07) is 17.5. The van der Waals surface area contributed by atoms with Gasteiger partial charge in [-0.25, -0.2) is 0 Å². The Morgan fingerprint density at radius 1 is 0.973 bits per heavy atom. The van der Waals surface area contributed by atoms with Gasteiger partial charge in [-0.1, -0.05) is 48.6 Å². The standard InChI is InChI=1S/C30H34O7/c1-20-24(16-31)14-23(15-26(20)33-2)29(28-19-36-28)35-11-7-10-22-12-25(17-32)30(27(13-22)34-3)37-18-21-8-5-4-6-9-21/h4-10,12-15,28-29,31-32H,11,16-19H2,1-3H3/b10-7+/t28-,29-/m1/s1. The first-order valence-electron chi connectivity index (χ1n) is 12.2. The van der Waals surface area contributed by atoms with Crippen LogP contribution in [0.15, 0.2) is 60.7 Å². The average Bonchev–Trinajstić information content (AvgIpc) is 3.78. The van der Waals surface area contributed by atoms with Gasteiger partial charge in [0.05, 0.1) is 40.6 Å². The summed E-state index contributed by atoms with van der Waals surface area (Å²) in [6.45, 7) is 3.02. The Labute approximate surface area is 217 Å². The molecule has 196 valence electrons. The van der Waals surface area contributed by atoms with E-state index >= 15 is 0 Å². The molecule has 1 aliphatic rings. The molecule has 1 saturated heterocycles. The molecule has 4 rings (SSSR count). The molecule has 1 aliphatic heterocycles. The molecule has 7 nitrogen and oxygen atoms in total. The van der Waals surface area contributed by atoms with Crippen molar-refractivity contribution in [1.29, 1.82) is 0 Å². The topological polar surface area (TPSA) is 89.9 Å². The van der Waals surface area contributed by atoms with Gasteiger partial charge in [-0.3, -0.25) is 0 Å². The molecule has 0 amide bonds. The second-order valence-electron chi connectivity index (χ2n) is 8.84. The van der Waals surface area contributed by atoms with Gasteiger partial charge in [0.2, 0.25) is 0 Å². The first kappa shape index (κ1) is 26.7. The number of rotatable bonds is 13. The van der Waals surface area contributed by atoms with Crippen molar-refractivity contribution >= 4 is 6.08 Å². The molecule has 37 heavy (non-hydrogen) atoms. The molecular formula is C30H34O7. The number of aliphatic hydroxyl groups is 2. The number of epoxide rings is 1. The minimum atomic E-state index is -0.277. The third kappa shape index (κ3) is 6.70. The molecule has 0 unspecified atom stereocenters. The summed E-state index contributed by atoms with van der Waals surface area (Å²) in [5.41, 5.74) is 5.15. The van der Waals surface area contributed by atoms with Crippen molar-refractivity contribution in [3.05, 3.63) is 94.1 Å². The zero-order chi connectivity index (χ0) is 26.2. The summed E-state index contributed by atoms with van der Waals surface area (Å²) in [6.07, 6.45) is 3.52. The normalized spacial score (nSPS) is 15.5. The maximum absolute atomic E-state index is 9.98. The summed E-state index contributed by atoms with van der Waals surface area (Å²) < 4.78 is 28.8. The van der Waals surface area contributed by atoms with Crippen LogP contribution in [0.3, 0.4) is 0 Å². The Morgan fingerprint density at radius 2 is 1.70 bits per heavy atom. The van der Waals surface area contributed by atoms with Crippen molar-refractivity contribution in [1.82, 2.24) is 0 Å². The van der Waals surface area contributed by atoms with E-state index in [2.05, 4.69) is 0 Å². The molecule has 0 radical (unpaired) electrons. The van der Waals surface area contributed by atoms with Crippen LogP contribution in [0.5, 0.6) is 17.2 Å². The monoisotopic (exact) mass is 506 g/mol. The SMILES string of the molecule is COc1cc([C@@H](OC/C=C/c2cc(CO)c(OCc3ccccc3)c(OC)c2)[C@H]2CO2)cc(CO)c1C. The van der Waals surface area contributed by atoms with Crippen molar-refractivity contribution in [3.8, 4) is 17.2 Å². The highest BCUT2D eigenvalue weighted by Crippen LogP contribution is 2.36. The molecular weight excluding hydrogens is 472 g/mol. The van der Waals surface area contributed by atoms with Crippen LogP contribution in [0.25, 0.3) is 6.08 Å². The Kier molecular flexibility index (Phi) is 9.19. The van der Waals surface area contributed by atoms with E-state index in [1.807, 2.05) is 73.7 Å². The first-order chi connectivity index (χ1) is 18.1. The smallest absolute Gasteiger partial charge is 0.167 e. The van der Waals surface area contributed by atoms with Crippen LogP contribution in [0.2, 0.25) is 0 Å². The van der Waals surface area contributed by atoms with E-state index in [4.69, 9.17) is 23.7 Å². The van der Waals surface area contributed by atoms with E-state index < -0.39 is 0 Å². The molecule has 1 heterocycles. The number of methoxy groups -OCH3 is 2. The fraction of sp³-hybridized carbons (Fsp3) is 0.333. The Hall–Kier alpha value is -3.36. The fourth-order valence-electron chi connectivity index (χ4n) is 4.24. The van der Waals surface area contributed by atoms with Crippen LogP contribution < -0.4 is 14.2 Å². The van der Waals surface area contributed by atoms with Crippen LogP contribution in [0.1, 0.15) is 39.5 Å². The van der Waals surface area contributed by atoms with E-state index in [-0.39, 0.29) is 25.4 Å². The van der Waals surface area contributed by atoms with Gasteiger partial charge in [-0.15, -0.1) is 0 Å². The summed E-state index contributed by atoms with van der Waals surface area (Å²) in [7, 11) is 3.20. The molecule has 0 aliphatic carbocycles. The predicted molar refractivity (Wildman–Crippen MR) is 141 cm³/mol. The van der Waals surface area contributed by atoms with Gasteiger partial charge in [-0.2, -0.15) is 0 Å². The van der Waals surface area contributed by atoms with Gasteiger partial charge in [0, 0.05) is 5.56 Å². The lowest BCUT2D eigenvalue weighted by Gasteiger charge is -2.19. The maximum Gasteiger partial charge on any atom is 0.167 e. The number of ether oxygens (including phenoxy) is 5. The molecule has 0 bridgehead atoms. The van der Waals surface area contributed by atoms with Crippen molar-refractivity contribution < 1.29 is 33.9 Å². The van der Waals surface area contributed by atoms with E-state index in [1.54, 1.807) is 14.2 Å². The lowest BCUT2D eigenvalue weighted by molar-refractivity contribution is 0.0509. The largest absolute Gasteiger partial charge is 0.496 e. The molecule has 0 spiro atoms. The summed E-state index contributed by atoms with van der Waals surface area (Å²) >= 11 is 0. The zero-order valence-electron chi connectivity index (χ0n) is 21.5. The third-order valence-corrected chi connectivity index (χ3v) is 6.36. The number of aliphatic hydroxyl groups excluding tert-OH is 2. The lowest BCUT2D eigenvalue weighted by atomic mass is 9.99. The van der Waals surface area contributed by atoms with Crippen LogP contribution in [-0.2, 0) is 29.3 Å². The number of benzene rings is 3. The number of hydrogen-bond acceptors (Lipinski definition) is 7. The molecule has 3 aromatic carbocycles. The Bertz CT molecular complexity index is 1150. The molecule has 0 saturated carbocycles. The average molecular weight is 507 g/mol. The van der Waals surface area contributed by atoms with Crippen molar-refractivity contribution in [2.24, 2.45) is 0 Å². The molecule has 0 aromatic heterocycles. The van der Waals surface area contributed by atoms with Gasteiger partial charge >= 0.3 is 0 Å². The minimum Gasteiger partial charge on any atom is -0.496 e. The van der Waals surface area contributed by atoms with Crippen LogP contribution in [0.4, 0.5) is 0 Å². The summed E-state index contributed by atoms with van der Waals surface area (Å²) in [5, 5.41) is 19.7. The highest BCUT2D eigenvalue weighted by atomic mass is 16.6. The zero-order valence-corrected chi connectivity index (χ0v) is 21.5. The van der Waals surface area contributed by atoms with Gasteiger partial charge in [0.25, 0.3) is 0 Å². The quantitative estimate of drug-likeness (QED) is 0.324. The van der Waals surface area contributed by atoms with Gasteiger partial charge in [-0.05, 0) is 52.9 Å². The third-order valence-electron chi connectivity index (χ3n) is 6.36. The molecule has 2 atom stereocenters. The van der Waals surface area contributed by atoms with E-state index in [9.17, 15) is 10.2 Å². The highest BCUT2D eigenvalue weighted by Gasteiger charge is 2.35. The molecule has 1 fully saturated rings. The highest BCUT2D eigenvalue weighted by molar-refractivity contribution is 5.59. The first-order valence-corrected chi connectivity index (χ1v) is 12.2. The lowest BCUT2D eigenvalue weighted by Crippen LogP contribution is -2.12.